The lowest BCUT2D eigenvalue weighted by atomic mass is 10.2. The minimum Gasteiger partial charge on any atom is -0.290 e. The van der Waals surface area contributed by atoms with Crippen LogP contribution in [0.5, 0.6) is 0 Å². The second-order valence-electron chi connectivity index (χ2n) is 2.46. The molecule has 10 heavy (non-hydrogen) atoms. The van der Waals surface area contributed by atoms with E-state index in [1.165, 1.54) is 5.56 Å². The summed E-state index contributed by atoms with van der Waals surface area (Å²) in [6.45, 7) is 4.12. The maximum Gasteiger partial charge on any atom is 0.586 e. The van der Waals surface area contributed by atoms with Crippen LogP contribution in [0, 0.1) is 6.92 Å². The van der Waals surface area contributed by atoms with Crippen molar-refractivity contribution in [2.24, 2.45) is 0 Å². The Morgan fingerprint density at radius 3 is 2.70 bits per heavy atom. The molecule has 1 rings (SSSR count). The van der Waals surface area contributed by atoms with Gasteiger partial charge in [-0.1, -0.05) is 6.92 Å². The van der Waals surface area contributed by atoms with Crippen molar-refractivity contribution < 1.29 is 4.48 Å². The van der Waals surface area contributed by atoms with Gasteiger partial charge >= 0.3 is 7.98 Å². The van der Waals surface area contributed by atoms with Gasteiger partial charge in [0, 0.05) is 18.1 Å². The van der Waals surface area contributed by atoms with Crippen molar-refractivity contribution >= 4 is 7.98 Å². The average molecular weight is 132 g/mol. The lowest BCUT2D eigenvalue weighted by molar-refractivity contribution is -0.531. The van der Waals surface area contributed by atoms with Crippen LogP contribution in [0.3, 0.4) is 0 Å². The van der Waals surface area contributed by atoms with Gasteiger partial charge in [0.05, 0.1) is 0 Å². The molecule has 0 N–H and O–H groups in total. The zero-order chi connectivity index (χ0) is 7.56. The molecule has 0 atom stereocenters. The third-order valence-electron chi connectivity index (χ3n) is 1.58. The molecule has 0 spiro atoms. The topological polar surface area (TPSA) is 3.88 Å². The minimum atomic E-state index is 0.983. The van der Waals surface area contributed by atoms with Gasteiger partial charge in [0.2, 0.25) is 0 Å². The average Bonchev–Trinajstić information content (AvgIpc) is 1.88. The zero-order valence-electron chi connectivity index (χ0n) is 6.46. The normalized spacial score (nSPS) is 9.80. The summed E-state index contributed by atoms with van der Waals surface area (Å²) >= 11 is 0. The Balaban J connectivity index is 3.07. The fourth-order valence-corrected chi connectivity index (χ4v) is 0.959. The fourth-order valence-electron chi connectivity index (χ4n) is 0.959. The highest BCUT2D eigenvalue weighted by Crippen LogP contribution is 1.95. The minimum absolute atomic E-state index is 0.983. The second kappa shape index (κ2) is 2.87. The first-order valence-electron chi connectivity index (χ1n) is 3.50. The van der Waals surface area contributed by atoms with Gasteiger partial charge in [-0.2, -0.15) is 0 Å². The van der Waals surface area contributed by atoms with E-state index in [-0.39, 0.29) is 0 Å². The molecule has 1 nitrogen and oxygen atoms in total. The summed E-state index contributed by atoms with van der Waals surface area (Å²) in [6.07, 6.45) is 2.91. The monoisotopic (exact) mass is 132 g/mol. The van der Waals surface area contributed by atoms with Crippen molar-refractivity contribution in [3.05, 3.63) is 29.6 Å². The number of rotatable bonds is 1. The van der Waals surface area contributed by atoms with E-state index in [4.69, 9.17) is 7.98 Å². The van der Waals surface area contributed by atoms with E-state index < -0.39 is 0 Å². The Bertz CT molecular complexity index is 233. The van der Waals surface area contributed by atoms with Gasteiger partial charge in [0.15, 0.2) is 5.69 Å². The number of nitrogens with zero attached hydrogens (tertiary/aromatic N) is 1. The van der Waals surface area contributed by atoms with Gasteiger partial charge in [-0.25, -0.2) is 0 Å². The van der Waals surface area contributed by atoms with Gasteiger partial charge in [0.25, 0.3) is 0 Å². The largest absolute Gasteiger partial charge is 0.586 e. The molecule has 1 aromatic rings. The molecule has 2 radical (unpaired) electrons. The fraction of sp³-hybridized carbons (Fsp3) is 0.375. The maximum absolute atomic E-state index is 5.65. The van der Waals surface area contributed by atoms with Crippen LogP contribution < -0.4 is 4.48 Å². The van der Waals surface area contributed by atoms with Crippen LogP contribution in [0.4, 0.5) is 0 Å². The highest BCUT2D eigenvalue weighted by molar-refractivity contribution is 5.94. The molecule has 1 heterocycles. The van der Waals surface area contributed by atoms with E-state index in [1.807, 2.05) is 13.1 Å². The van der Waals surface area contributed by atoms with Crippen molar-refractivity contribution in [3.63, 3.8) is 0 Å². The van der Waals surface area contributed by atoms with Crippen molar-refractivity contribution in [3.8, 4) is 0 Å². The number of hydrogen-bond donors (Lipinski definition) is 0. The molecule has 0 amide bonds. The Morgan fingerprint density at radius 1 is 1.50 bits per heavy atom. The van der Waals surface area contributed by atoms with Gasteiger partial charge in [0.1, 0.15) is 6.20 Å². The quantitative estimate of drug-likeness (QED) is 0.497. The van der Waals surface area contributed by atoms with Gasteiger partial charge < -0.3 is 0 Å². The summed E-state index contributed by atoms with van der Waals surface area (Å²) in [7, 11) is 5.65. The molecule has 0 bridgehead atoms. The maximum atomic E-state index is 5.65. The summed E-state index contributed by atoms with van der Waals surface area (Å²) in [4.78, 5) is 0. The van der Waals surface area contributed by atoms with Crippen molar-refractivity contribution in [2.75, 3.05) is 0 Å². The molecule has 0 fully saturated rings. The van der Waals surface area contributed by atoms with Crippen LogP contribution >= 0.6 is 0 Å². The van der Waals surface area contributed by atoms with Gasteiger partial charge in [-0.15, -0.1) is 0 Å². The Labute approximate surface area is 63.1 Å². The molecule has 0 aliphatic rings. The van der Waals surface area contributed by atoms with Crippen molar-refractivity contribution in [1.82, 2.24) is 0 Å². The first-order chi connectivity index (χ1) is 4.74. The SMILES string of the molecule is [B][n+]1cc(C)ccc1CC. The molecule has 0 saturated carbocycles. The van der Waals surface area contributed by atoms with Crippen LogP contribution in [0.15, 0.2) is 18.3 Å². The predicted octanol–water partition coefficient (Wildman–Crippen LogP) is 0.777. The van der Waals surface area contributed by atoms with Crippen LogP contribution in [0.1, 0.15) is 18.2 Å². The molecule has 2 heteroatoms. The van der Waals surface area contributed by atoms with Crippen molar-refractivity contribution in [2.45, 2.75) is 20.3 Å². The molecule has 50 valence electrons. The van der Waals surface area contributed by atoms with E-state index in [1.54, 1.807) is 4.48 Å². The van der Waals surface area contributed by atoms with E-state index in [0.717, 1.165) is 12.1 Å². The Kier molecular flexibility index (Phi) is 2.10. The van der Waals surface area contributed by atoms with E-state index in [2.05, 4.69) is 19.1 Å². The molecule has 0 aliphatic carbocycles. The number of aromatic nitrogens is 1. The standard InChI is InChI=1S/C8H11BN/c1-3-8-5-4-7(2)6-10(8)9/h4-6H,3H2,1-2H3/q+1. The second-order valence-corrected chi connectivity index (χ2v) is 2.46. The number of pyridine rings is 1. The van der Waals surface area contributed by atoms with Crippen LogP contribution in [0.25, 0.3) is 0 Å². The first-order valence-corrected chi connectivity index (χ1v) is 3.50. The summed E-state index contributed by atoms with van der Waals surface area (Å²) in [5.74, 6) is 0. The number of hydrogen-bond acceptors (Lipinski definition) is 0. The molecule has 0 aromatic carbocycles. The Hall–Kier alpha value is -0.785. The summed E-state index contributed by atoms with van der Waals surface area (Å²) in [6, 6.07) is 4.12. The lowest BCUT2D eigenvalue weighted by Crippen LogP contribution is -2.35. The third kappa shape index (κ3) is 1.38. The summed E-state index contributed by atoms with van der Waals surface area (Å²) in [5, 5.41) is 0. The zero-order valence-corrected chi connectivity index (χ0v) is 6.46. The van der Waals surface area contributed by atoms with E-state index >= 15 is 0 Å². The molecule has 0 saturated heterocycles. The van der Waals surface area contributed by atoms with Crippen LogP contribution in [-0.2, 0) is 6.42 Å². The van der Waals surface area contributed by atoms with Crippen LogP contribution in [0.2, 0.25) is 0 Å². The predicted molar refractivity (Wildman–Crippen MR) is 41.9 cm³/mol. The third-order valence-corrected chi connectivity index (χ3v) is 1.58. The van der Waals surface area contributed by atoms with Gasteiger partial charge in [-0.3, -0.25) is 4.48 Å². The highest BCUT2D eigenvalue weighted by atomic mass is 14.8. The van der Waals surface area contributed by atoms with Crippen LogP contribution in [-0.4, -0.2) is 7.98 Å². The van der Waals surface area contributed by atoms with E-state index in [0.29, 0.717) is 0 Å². The Morgan fingerprint density at radius 2 is 2.20 bits per heavy atom. The number of aryl methyl sites for hydroxylation is 2. The van der Waals surface area contributed by atoms with Gasteiger partial charge in [-0.05, 0) is 13.0 Å². The molecule has 0 unspecified atom stereocenters. The highest BCUT2D eigenvalue weighted by Gasteiger charge is 2.01. The molecular weight excluding hydrogens is 121 g/mol. The molecule has 0 aliphatic heterocycles. The lowest BCUT2D eigenvalue weighted by Gasteiger charge is -1.96. The smallest absolute Gasteiger partial charge is 0.290 e. The molecule has 1 aromatic heterocycles. The first kappa shape index (κ1) is 7.32. The van der Waals surface area contributed by atoms with E-state index in [9.17, 15) is 0 Å². The summed E-state index contributed by atoms with van der Waals surface area (Å²) < 4.78 is 1.68. The summed E-state index contributed by atoms with van der Waals surface area (Å²) in [5.41, 5.74) is 2.35. The molecular formula is C8H11BN+. The van der Waals surface area contributed by atoms with Crippen molar-refractivity contribution in [1.29, 1.82) is 0 Å².